The van der Waals surface area contributed by atoms with Crippen LogP contribution in [0.5, 0.6) is 0 Å². The van der Waals surface area contributed by atoms with Crippen molar-refractivity contribution >= 4 is 40.5 Å². The number of hydrogen-bond donors (Lipinski definition) is 2. The second-order valence-corrected chi connectivity index (χ2v) is 10.8. The average molecular weight is 558 g/mol. The first-order valence-corrected chi connectivity index (χ1v) is 13.8. The molecule has 1 amide bonds. The van der Waals surface area contributed by atoms with Crippen LogP contribution in [0.1, 0.15) is 52.3 Å². The summed E-state index contributed by atoms with van der Waals surface area (Å²) in [6, 6.07) is 21.6. The number of nitrogens with zero attached hydrogens (tertiary/aromatic N) is 3. The molecule has 3 heterocycles. The number of benzene rings is 2. The van der Waals surface area contributed by atoms with Crippen LogP contribution in [0.25, 0.3) is 5.69 Å². The minimum absolute atomic E-state index is 0.0489. The lowest BCUT2D eigenvalue weighted by Crippen LogP contribution is -2.33. The van der Waals surface area contributed by atoms with Crippen molar-refractivity contribution in [3.63, 3.8) is 0 Å². The summed E-state index contributed by atoms with van der Waals surface area (Å²) in [5, 5.41) is 7.89. The highest BCUT2D eigenvalue weighted by atomic mass is 35.5. The third-order valence-corrected chi connectivity index (χ3v) is 8.23. The van der Waals surface area contributed by atoms with Crippen LogP contribution in [-0.4, -0.2) is 32.0 Å². The minimum atomic E-state index is -0.160. The van der Waals surface area contributed by atoms with Gasteiger partial charge in [-0.1, -0.05) is 41.9 Å². The van der Waals surface area contributed by atoms with Crippen molar-refractivity contribution in [1.29, 1.82) is 0 Å². The first-order chi connectivity index (χ1) is 18.8. The number of anilines is 1. The Balaban J connectivity index is 1.50. The molecule has 2 N–H and O–H groups in total. The van der Waals surface area contributed by atoms with Crippen molar-refractivity contribution in [1.82, 2.24) is 19.8 Å². The summed E-state index contributed by atoms with van der Waals surface area (Å²) in [6.45, 7) is 8.73. The van der Waals surface area contributed by atoms with Crippen molar-refractivity contribution in [3.05, 3.63) is 112 Å². The van der Waals surface area contributed by atoms with E-state index in [9.17, 15) is 4.79 Å². The van der Waals surface area contributed by atoms with Gasteiger partial charge >= 0.3 is 0 Å². The Bertz CT molecular complexity index is 1530. The van der Waals surface area contributed by atoms with Crippen LogP contribution in [0.2, 0.25) is 5.02 Å². The third kappa shape index (κ3) is 5.29. The molecule has 1 aliphatic heterocycles. The topological polar surface area (TPSA) is 62.2 Å². The van der Waals surface area contributed by atoms with Gasteiger partial charge in [0.25, 0.3) is 0 Å². The molecule has 8 heteroatoms. The minimum Gasteiger partial charge on any atom is -0.352 e. The van der Waals surface area contributed by atoms with E-state index in [1.807, 2.05) is 68.4 Å². The summed E-state index contributed by atoms with van der Waals surface area (Å²) < 4.78 is 2.25. The van der Waals surface area contributed by atoms with Crippen LogP contribution in [0.4, 0.5) is 5.69 Å². The number of aryl methyl sites for hydroxylation is 2. The molecule has 2 atom stereocenters. The highest BCUT2D eigenvalue weighted by Gasteiger charge is 2.41. The van der Waals surface area contributed by atoms with Gasteiger partial charge < -0.3 is 20.1 Å². The molecular formula is C31H32ClN5OS. The normalized spacial score (nSPS) is 16.8. The highest BCUT2D eigenvalue weighted by molar-refractivity contribution is 7.80. The number of carbonyl (C=O) groups is 1. The number of pyridine rings is 1. The fourth-order valence-electron chi connectivity index (χ4n) is 5.43. The van der Waals surface area contributed by atoms with Crippen molar-refractivity contribution < 1.29 is 4.79 Å². The zero-order chi connectivity index (χ0) is 27.7. The Morgan fingerprint density at radius 3 is 2.56 bits per heavy atom. The van der Waals surface area contributed by atoms with Gasteiger partial charge in [0.1, 0.15) is 0 Å². The predicted molar refractivity (Wildman–Crippen MR) is 162 cm³/mol. The van der Waals surface area contributed by atoms with E-state index in [2.05, 4.69) is 51.1 Å². The summed E-state index contributed by atoms with van der Waals surface area (Å²) in [5.74, 6) is -0.0489. The van der Waals surface area contributed by atoms with Gasteiger partial charge in [-0.25, -0.2) is 0 Å². The average Bonchev–Trinajstić information content (AvgIpc) is 3.40. The zero-order valence-corrected chi connectivity index (χ0v) is 24.1. The fraction of sp³-hybridized carbons (Fsp3) is 0.258. The summed E-state index contributed by atoms with van der Waals surface area (Å²) in [4.78, 5) is 19.8. The SMILES string of the molecule is Cc1ccccc1NC(=O)CCN1C(=S)N[C@@H](c2ccccn2)[C@@H]1c1cc(C)n(-c2cccc(Cl)c2C)c1C. The largest absolute Gasteiger partial charge is 0.352 e. The molecule has 2 aromatic carbocycles. The second-order valence-electron chi connectivity index (χ2n) is 9.98. The first-order valence-electron chi connectivity index (χ1n) is 13.0. The number of thiocarbonyl (C=S) groups is 1. The van der Waals surface area contributed by atoms with Crippen molar-refractivity contribution in [2.45, 2.75) is 46.2 Å². The van der Waals surface area contributed by atoms with E-state index < -0.39 is 0 Å². The van der Waals surface area contributed by atoms with Crippen LogP contribution in [0.15, 0.2) is 72.9 Å². The number of carbonyl (C=O) groups excluding carboxylic acids is 1. The number of amides is 1. The Hall–Kier alpha value is -3.68. The maximum absolute atomic E-state index is 13.0. The lowest BCUT2D eigenvalue weighted by molar-refractivity contribution is -0.116. The molecule has 0 bridgehead atoms. The molecule has 1 aliphatic rings. The molecular weight excluding hydrogens is 526 g/mol. The lowest BCUT2D eigenvalue weighted by atomic mass is 9.96. The van der Waals surface area contributed by atoms with E-state index in [0.717, 1.165) is 50.2 Å². The number of nitrogens with one attached hydrogen (secondary N) is 2. The molecule has 2 aromatic heterocycles. The van der Waals surface area contributed by atoms with Crippen LogP contribution in [0.3, 0.4) is 0 Å². The zero-order valence-electron chi connectivity index (χ0n) is 22.5. The quantitative estimate of drug-likeness (QED) is 0.246. The van der Waals surface area contributed by atoms with Gasteiger partial charge in [0, 0.05) is 46.9 Å². The summed E-state index contributed by atoms with van der Waals surface area (Å²) in [7, 11) is 0. The number of aromatic nitrogens is 2. The maximum atomic E-state index is 13.0. The molecule has 0 saturated carbocycles. The molecule has 39 heavy (non-hydrogen) atoms. The van der Waals surface area contributed by atoms with E-state index in [4.69, 9.17) is 23.8 Å². The van der Waals surface area contributed by atoms with Gasteiger partial charge in [-0.15, -0.1) is 0 Å². The smallest absolute Gasteiger partial charge is 0.226 e. The van der Waals surface area contributed by atoms with Crippen LogP contribution in [0, 0.1) is 27.7 Å². The third-order valence-electron chi connectivity index (χ3n) is 7.47. The van der Waals surface area contributed by atoms with E-state index in [1.165, 1.54) is 0 Å². The Morgan fingerprint density at radius 1 is 1.05 bits per heavy atom. The molecule has 0 radical (unpaired) electrons. The summed E-state index contributed by atoms with van der Waals surface area (Å²) in [5.41, 5.74) is 8.17. The van der Waals surface area contributed by atoms with Gasteiger partial charge in [-0.3, -0.25) is 9.78 Å². The number of para-hydroxylation sites is 1. The lowest BCUT2D eigenvalue weighted by Gasteiger charge is -2.28. The van der Waals surface area contributed by atoms with Crippen molar-refractivity contribution in [2.24, 2.45) is 0 Å². The molecule has 4 aromatic rings. The van der Waals surface area contributed by atoms with E-state index >= 15 is 0 Å². The van der Waals surface area contributed by atoms with Crippen LogP contribution < -0.4 is 10.6 Å². The molecule has 0 aliphatic carbocycles. The highest BCUT2D eigenvalue weighted by Crippen LogP contribution is 2.42. The van der Waals surface area contributed by atoms with Gasteiger partial charge in [0.05, 0.1) is 17.8 Å². The molecule has 200 valence electrons. The van der Waals surface area contributed by atoms with Crippen LogP contribution >= 0.6 is 23.8 Å². The van der Waals surface area contributed by atoms with Crippen LogP contribution in [-0.2, 0) is 4.79 Å². The van der Waals surface area contributed by atoms with Gasteiger partial charge in [-0.2, -0.15) is 0 Å². The number of hydrogen-bond acceptors (Lipinski definition) is 3. The molecule has 0 unspecified atom stereocenters. The molecule has 6 nitrogen and oxygen atoms in total. The number of rotatable bonds is 7. The Kier molecular flexibility index (Phi) is 7.73. The van der Waals surface area contributed by atoms with Gasteiger partial charge in [0.2, 0.25) is 5.91 Å². The predicted octanol–water partition coefficient (Wildman–Crippen LogP) is 6.76. The van der Waals surface area contributed by atoms with E-state index in [0.29, 0.717) is 18.1 Å². The maximum Gasteiger partial charge on any atom is 0.226 e. The second kappa shape index (κ2) is 11.2. The molecule has 1 fully saturated rings. The van der Waals surface area contributed by atoms with Gasteiger partial charge in [-0.05, 0) is 93.0 Å². The van der Waals surface area contributed by atoms with Crippen molar-refractivity contribution in [2.75, 3.05) is 11.9 Å². The van der Waals surface area contributed by atoms with Crippen molar-refractivity contribution in [3.8, 4) is 5.69 Å². The standard InChI is InChI=1S/C31H32ClN5OS/c1-19-10-5-6-12-25(19)34-28(38)15-17-36-30(29(35-31(36)39)26-13-7-8-16-33-26)23-18-20(2)37(22(23)4)27-14-9-11-24(32)21(27)3/h5-14,16,18,29-30H,15,17H2,1-4H3,(H,34,38)(H,35,39)/t29-,30-/m0/s1. The Morgan fingerprint density at radius 2 is 1.82 bits per heavy atom. The first kappa shape index (κ1) is 26.9. The summed E-state index contributed by atoms with van der Waals surface area (Å²) in [6.07, 6.45) is 2.10. The Labute approximate surface area is 240 Å². The van der Waals surface area contributed by atoms with E-state index in [-0.39, 0.29) is 18.0 Å². The van der Waals surface area contributed by atoms with Gasteiger partial charge in [0.15, 0.2) is 5.11 Å². The molecule has 5 rings (SSSR count). The fourth-order valence-corrected chi connectivity index (χ4v) is 5.93. The van der Waals surface area contributed by atoms with E-state index in [1.54, 1.807) is 6.20 Å². The summed E-state index contributed by atoms with van der Waals surface area (Å²) >= 11 is 12.3. The monoisotopic (exact) mass is 557 g/mol. The number of halogens is 1. The molecule has 1 saturated heterocycles. The molecule has 0 spiro atoms.